The molecule has 1 amide bonds. The second-order valence-corrected chi connectivity index (χ2v) is 5.24. The molecule has 0 bridgehead atoms. The lowest BCUT2D eigenvalue weighted by Crippen LogP contribution is -2.33. The van der Waals surface area contributed by atoms with Crippen LogP contribution in [0.5, 0.6) is 5.75 Å². The van der Waals surface area contributed by atoms with E-state index >= 15 is 0 Å². The predicted molar refractivity (Wildman–Crippen MR) is 73.1 cm³/mol. The van der Waals surface area contributed by atoms with Crippen molar-refractivity contribution in [3.05, 3.63) is 52.2 Å². The molecule has 1 aromatic carbocycles. The van der Waals surface area contributed by atoms with Gasteiger partial charge in [-0.15, -0.1) is 11.3 Å². The van der Waals surface area contributed by atoms with Crippen LogP contribution in [0.1, 0.15) is 22.2 Å². The van der Waals surface area contributed by atoms with Gasteiger partial charge in [-0.25, -0.2) is 0 Å². The summed E-state index contributed by atoms with van der Waals surface area (Å²) in [6, 6.07) is 10.5. The number of carbonyl (C=O) groups is 1. The van der Waals surface area contributed by atoms with Crippen LogP contribution in [0.2, 0.25) is 0 Å². The number of hydrogen-bond donors (Lipinski definition) is 2. The van der Waals surface area contributed by atoms with Crippen molar-refractivity contribution in [2.75, 3.05) is 0 Å². The minimum Gasteiger partial charge on any atom is -0.508 e. The van der Waals surface area contributed by atoms with Crippen LogP contribution in [0.4, 0.5) is 0 Å². The monoisotopic (exact) mass is 261 g/mol. The van der Waals surface area contributed by atoms with Crippen LogP contribution >= 0.6 is 11.3 Å². The number of phenols is 1. The Kier molecular flexibility index (Phi) is 3.99. The van der Waals surface area contributed by atoms with E-state index in [0.29, 0.717) is 5.56 Å². The molecule has 94 valence electrons. The lowest BCUT2D eigenvalue weighted by atomic mass is 10.1. The van der Waals surface area contributed by atoms with Gasteiger partial charge in [0.25, 0.3) is 5.91 Å². The summed E-state index contributed by atoms with van der Waals surface area (Å²) < 4.78 is 0. The van der Waals surface area contributed by atoms with Crippen LogP contribution in [0.15, 0.2) is 41.8 Å². The van der Waals surface area contributed by atoms with Crippen LogP contribution in [0.3, 0.4) is 0 Å². The molecule has 0 unspecified atom stereocenters. The molecule has 2 rings (SSSR count). The Morgan fingerprint density at radius 2 is 2.22 bits per heavy atom. The zero-order valence-electron chi connectivity index (χ0n) is 10.1. The van der Waals surface area contributed by atoms with Crippen molar-refractivity contribution < 1.29 is 9.90 Å². The van der Waals surface area contributed by atoms with E-state index in [-0.39, 0.29) is 17.7 Å². The summed E-state index contributed by atoms with van der Waals surface area (Å²) in [7, 11) is 0. The highest BCUT2D eigenvalue weighted by molar-refractivity contribution is 7.09. The molecule has 1 aromatic heterocycles. The number of benzene rings is 1. The largest absolute Gasteiger partial charge is 0.508 e. The highest BCUT2D eigenvalue weighted by Crippen LogP contribution is 2.13. The van der Waals surface area contributed by atoms with Gasteiger partial charge in [-0.3, -0.25) is 4.79 Å². The van der Waals surface area contributed by atoms with E-state index in [4.69, 9.17) is 0 Å². The third-order valence-corrected chi connectivity index (χ3v) is 3.47. The smallest absolute Gasteiger partial charge is 0.251 e. The molecule has 0 aliphatic carbocycles. The first-order valence-electron chi connectivity index (χ1n) is 5.77. The van der Waals surface area contributed by atoms with Crippen LogP contribution in [-0.2, 0) is 6.42 Å². The number of carbonyl (C=O) groups excluding carboxylic acids is 1. The molecule has 1 heterocycles. The van der Waals surface area contributed by atoms with E-state index in [1.165, 1.54) is 10.9 Å². The van der Waals surface area contributed by atoms with Gasteiger partial charge in [0.1, 0.15) is 5.75 Å². The summed E-state index contributed by atoms with van der Waals surface area (Å²) >= 11 is 1.69. The lowest BCUT2D eigenvalue weighted by molar-refractivity contribution is 0.0940. The van der Waals surface area contributed by atoms with Crippen molar-refractivity contribution in [3.63, 3.8) is 0 Å². The number of nitrogens with one attached hydrogen (secondary N) is 1. The van der Waals surface area contributed by atoms with E-state index in [1.54, 1.807) is 29.5 Å². The van der Waals surface area contributed by atoms with Crippen molar-refractivity contribution in [3.8, 4) is 5.75 Å². The first-order chi connectivity index (χ1) is 8.65. The quantitative estimate of drug-likeness (QED) is 0.889. The summed E-state index contributed by atoms with van der Waals surface area (Å²) in [6.45, 7) is 1.97. The minimum atomic E-state index is -0.157. The number of phenolic OH excluding ortho intramolecular Hbond substituents is 1. The predicted octanol–water partition coefficient (Wildman–Crippen LogP) is 2.81. The van der Waals surface area contributed by atoms with Crippen molar-refractivity contribution in [1.82, 2.24) is 5.32 Å². The van der Waals surface area contributed by atoms with Gasteiger partial charge in [-0.05, 0) is 36.6 Å². The van der Waals surface area contributed by atoms with Crippen LogP contribution < -0.4 is 5.32 Å². The normalized spacial score (nSPS) is 12.1. The maximum Gasteiger partial charge on any atom is 0.251 e. The van der Waals surface area contributed by atoms with Crippen LogP contribution in [0.25, 0.3) is 0 Å². The average Bonchev–Trinajstić information content (AvgIpc) is 2.81. The van der Waals surface area contributed by atoms with Gasteiger partial charge in [0.2, 0.25) is 0 Å². The molecule has 4 heteroatoms. The molecule has 0 aliphatic heterocycles. The summed E-state index contributed by atoms with van der Waals surface area (Å²) in [5.41, 5.74) is 0.480. The fourth-order valence-electron chi connectivity index (χ4n) is 1.74. The molecule has 2 aromatic rings. The molecule has 0 fully saturated rings. The van der Waals surface area contributed by atoms with Crippen LogP contribution in [-0.4, -0.2) is 17.1 Å². The van der Waals surface area contributed by atoms with Gasteiger partial charge in [0, 0.05) is 22.9 Å². The maximum atomic E-state index is 11.9. The van der Waals surface area contributed by atoms with Crippen molar-refractivity contribution in [2.45, 2.75) is 19.4 Å². The number of thiophene rings is 1. The summed E-state index contributed by atoms with van der Waals surface area (Å²) in [6.07, 6.45) is 0.822. The molecular formula is C14H15NO2S. The highest BCUT2D eigenvalue weighted by atomic mass is 32.1. The number of rotatable bonds is 4. The molecule has 0 radical (unpaired) electrons. The average molecular weight is 261 g/mol. The second-order valence-electron chi connectivity index (χ2n) is 4.21. The first kappa shape index (κ1) is 12.6. The van der Waals surface area contributed by atoms with Gasteiger partial charge < -0.3 is 10.4 Å². The molecule has 2 N–H and O–H groups in total. The number of amides is 1. The van der Waals surface area contributed by atoms with E-state index in [1.807, 2.05) is 18.4 Å². The Bertz CT molecular complexity index is 522. The number of hydrogen-bond acceptors (Lipinski definition) is 3. The summed E-state index contributed by atoms with van der Waals surface area (Å²) in [5, 5.41) is 14.3. The molecule has 0 spiro atoms. The molecule has 0 saturated carbocycles. The van der Waals surface area contributed by atoms with Crippen molar-refractivity contribution in [2.24, 2.45) is 0 Å². The van der Waals surface area contributed by atoms with Crippen LogP contribution in [0, 0.1) is 0 Å². The van der Waals surface area contributed by atoms with Gasteiger partial charge in [0.05, 0.1) is 0 Å². The fraction of sp³-hybridized carbons (Fsp3) is 0.214. The SMILES string of the molecule is C[C@@H](Cc1cccs1)NC(=O)c1cccc(O)c1. The Balaban J connectivity index is 1.95. The van der Waals surface area contributed by atoms with E-state index in [0.717, 1.165) is 6.42 Å². The Morgan fingerprint density at radius 1 is 1.39 bits per heavy atom. The maximum absolute atomic E-state index is 11.9. The van der Waals surface area contributed by atoms with E-state index < -0.39 is 0 Å². The fourth-order valence-corrected chi connectivity index (χ4v) is 2.57. The van der Waals surface area contributed by atoms with Crippen molar-refractivity contribution >= 4 is 17.2 Å². The standard InChI is InChI=1S/C14H15NO2S/c1-10(8-13-6-3-7-18-13)15-14(17)11-4-2-5-12(16)9-11/h2-7,9-10,16H,8H2,1H3,(H,15,17)/t10-/m0/s1. The zero-order chi connectivity index (χ0) is 13.0. The highest BCUT2D eigenvalue weighted by Gasteiger charge is 2.11. The molecule has 18 heavy (non-hydrogen) atoms. The Labute approximate surface area is 110 Å². The zero-order valence-corrected chi connectivity index (χ0v) is 10.9. The Morgan fingerprint density at radius 3 is 2.89 bits per heavy atom. The van der Waals surface area contributed by atoms with Gasteiger partial charge in [-0.2, -0.15) is 0 Å². The van der Waals surface area contributed by atoms with E-state index in [9.17, 15) is 9.90 Å². The van der Waals surface area contributed by atoms with Gasteiger partial charge >= 0.3 is 0 Å². The summed E-state index contributed by atoms with van der Waals surface area (Å²) in [5.74, 6) is -0.0523. The van der Waals surface area contributed by atoms with Crippen molar-refractivity contribution in [1.29, 1.82) is 0 Å². The van der Waals surface area contributed by atoms with Gasteiger partial charge in [-0.1, -0.05) is 12.1 Å². The molecular weight excluding hydrogens is 246 g/mol. The third kappa shape index (κ3) is 3.34. The molecule has 1 atom stereocenters. The molecule has 0 aliphatic rings. The minimum absolute atomic E-state index is 0.0681. The third-order valence-electron chi connectivity index (χ3n) is 2.57. The first-order valence-corrected chi connectivity index (χ1v) is 6.65. The topological polar surface area (TPSA) is 49.3 Å². The second kappa shape index (κ2) is 5.69. The number of aromatic hydroxyl groups is 1. The van der Waals surface area contributed by atoms with Gasteiger partial charge in [0.15, 0.2) is 0 Å². The lowest BCUT2D eigenvalue weighted by Gasteiger charge is -2.13. The summed E-state index contributed by atoms with van der Waals surface area (Å²) in [4.78, 5) is 13.2. The molecule has 3 nitrogen and oxygen atoms in total. The Hall–Kier alpha value is -1.81. The van der Waals surface area contributed by atoms with E-state index in [2.05, 4.69) is 11.4 Å². The molecule has 0 saturated heterocycles.